The maximum atomic E-state index is 12.0. The molecular formula is C20H24N2O3. The van der Waals surface area contributed by atoms with Crippen LogP contribution in [-0.2, 0) is 16.0 Å². The molecule has 0 unspecified atom stereocenters. The first kappa shape index (κ1) is 18.5. The van der Waals surface area contributed by atoms with E-state index in [1.54, 1.807) is 7.05 Å². The molecule has 132 valence electrons. The predicted molar refractivity (Wildman–Crippen MR) is 98.9 cm³/mol. The minimum Gasteiger partial charge on any atom is -0.483 e. The summed E-state index contributed by atoms with van der Waals surface area (Å²) in [6.45, 7) is 3.94. The van der Waals surface area contributed by atoms with Crippen molar-refractivity contribution in [1.29, 1.82) is 0 Å². The van der Waals surface area contributed by atoms with E-state index in [0.29, 0.717) is 18.5 Å². The van der Waals surface area contributed by atoms with Gasteiger partial charge in [0, 0.05) is 19.2 Å². The van der Waals surface area contributed by atoms with Gasteiger partial charge in [0.2, 0.25) is 5.91 Å². The van der Waals surface area contributed by atoms with Crippen molar-refractivity contribution in [2.75, 3.05) is 19.0 Å². The Labute approximate surface area is 148 Å². The van der Waals surface area contributed by atoms with Crippen LogP contribution in [0.15, 0.2) is 42.5 Å². The fourth-order valence-corrected chi connectivity index (χ4v) is 2.36. The van der Waals surface area contributed by atoms with Gasteiger partial charge in [-0.05, 0) is 55.2 Å². The molecule has 0 fully saturated rings. The number of aryl methyl sites for hydroxylation is 2. The van der Waals surface area contributed by atoms with Gasteiger partial charge in [0.25, 0.3) is 5.91 Å². The SMILES string of the molecule is CNC(=O)CCc1ccc(NC(=O)COc2cccc(C)c2C)cc1. The van der Waals surface area contributed by atoms with Gasteiger partial charge in [-0.1, -0.05) is 24.3 Å². The van der Waals surface area contributed by atoms with Crippen molar-refractivity contribution in [2.24, 2.45) is 0 Å². The summed E-state index contributed by atoms with van der Waals surface area (Å²) in [5, 5.41) is 5.40. The molecule has 0 heterocycles. The van der Waals surface area contributed by atoms with Gasteiger partial charge in [-0.25, -0.2) is 0 Å². The Balaban J connectivity index is 1.84. The smallest absolute Gasteiger partial charge is 0.262 e. The van der Waals surface area contributed by atoms with Crippen molar-refractivity contribution in [3.05, 3.63) is 59.2 Å². The molecule has 0 aliphatic carbocycles. The maximum Gasteiger partial charge on any atom is 0.262 e. The van der Waals surface area contributed by atoms with Gasteiger partial charge in [0.15, 0.2) is 6.61 Å². The lowest BCUT2D eigenvalue weighted by Crippen LogP contribution is -2.20. The molecule has 0 atom stereocenters. The summed E-state index contributed by atoms with van der Waals surface area (Å²) in [6.07, 6.45) is 1.12. The fourth-order valence-electron chi connectivity index (χ4n) is 2.36. The van der Waals surface area contributed by atoms with Crippen molar-refractivity contribution < 1.29 is 14.3 Å². The molecule has 2 N–H and O–H groups in total. The normalized spacial score (nSPS) is 10.2. The number of anilines is 1. The summed E-state index contributed by atoms with van der Waals surface area (Å²) in [6, 6.07) is 13.2. The summed E-state index contributed by atoms with van der Waals surface area (Å²) >= 11 is 0. The van der Waals surface area contributed by atoms with Crippen LogP contribution in [0, 0.1) is 13.8 Å². The molecule has 0 aliphatic rings. The van der Waals surface area contributed by atoms with Gasteiger partial charge in [-0.2, -0.15) is 0 Å². The van der Waals surface area contributed by atoms with E-state index in [2.05, 4.69) is 10.6 Å². The average Bonchev–Trinajstić information content (AvgIpc) is 2.62. The second kappa shape index (κ2) is 8.87. The molecule has 2 amide bonds. The Morgan fingerprint density at radius 3 is 2.40 bits per heavy atom. The quantitative estimate of drug-likeness (QED) is 0.814. The number of carbonyl (C=O) groups excluding carboxylic acids is 2. The lowest BCUT2D eigenvalue weighted by atomic mass is 10.1. The highest BCUT2D eigenvalue weighted by Crippen LogP contribution is 2.20. The molecule has 5 heteroatoms. The number of amides is 2. The zero-order valence-corrected chi connectivity index (χ0v) is 14.9. The highest BCUT2D eigenvalue weighted by molar-refractivity contribution is 5.91. The maximum absolute atomic E-state index is 12.0. The molecule has 2 rings (SSSR count). The number of carbonyl (C=O) groups is 2. The average molecular weight is 340 g/mol. The van der Waals surface area contributed by atoms with E-state index in [0.717, 1.165) is 22.4 Å². The molecule has 0 radical (unpaired) electrons. The Morgan fingerprint density at radius 1 is 1.00 bits per heavy atom. The Morgan fingerprint density at radius 2 is 1.72 bits per heavy atom. The van der Waals surface area contributed by atoms with E-state index < -0.39 is 0 Å². The van der Waals surface area contributed by atoms with Crippen LogP contribution < -0.4 is 15.4 Å². The van der Waals surface area contributed by atoms with Gasteiger partial charge in [0.05, 0.1) is 0 Å². The van der Waals surface area contributed by atoms with Crippen LogP contribution in [0.1, 0.15) is 23.1 Å². The van der Waals surface area contributed by atoms with E-state index >= 15 is 0 Å². The molecule has 0 aromatic heterocycles. The topological polar surface area (TPSA) is 67.4 Å². The lowest BCUT2D eigenvalue weighted by molar-refractivity contribution is -0.120. The molecule has 0 bridgehead atoms. The molecule has 0 saturated carbocycles. The van der Waals surface area contributed by atoms with E-state index in [1.165, 1.54) is 0 Å². The van der Waals surface area contributed by atoms with Crippen molar-refractivity contribution in [3.8, 4) is 5.75 Å². The molecule has 25 heavy (non-hydrogen) atoms. The second-order valence-electron chi connectivity index (χ2n) is 5.90. The number of ether oxygens (including phenoxy) is 1. The minimum absolute atomic E-state index is 0.0148. The fraction of sp³-hybridized carbons (Fsp3) is 0.300. The highest BCUT2D eigenvalue weighted by Gasteiger charge is 2.07. The predicted octanol–water partition coefficient (Wildman–Crippen LogP) is 3.00. The number of nitrogens with one attached hydrogen (secondary N) is 2. The first-order valence-corrected chi connectivity index (χ1v) is 8.28. The highest BCUT2D eigenvalue weighted by atomic mass is 16.5. The summed E-state index contributed by atoms with van der Waals surface area (Å²) in [4.78, 5) is 23.3. The van der Waals surface area contributed by atoms with E-state index in [1.807, 2.05) is 56.3 Å². The van der Waals surface area contributed by atoms with Crippen LogP contribution in [0.3, 0.4) is 0 Å². The van der Waals surface area contributed by atoms with Crippen LogP contribution in [0.25, 0.3) is 0 Å². The molecule has 5 nitrogen and oxygen atoms in total. The van der Waals surface area contributed by atoms with Crippen molar-refractivity contribution >= 4 is 17.5 Å². The molecule has 2 aromatic rings. The number of benzene rings is 2. The third-order valence-electron chi connectivity index (χ3n) is 4.07. The van der Waals surface area contributed by atoms with E-state index in [-0.39, 0.29) is 18.4 Å². The van der Waals surface area contributed by atoms with Crippen molar-refractivity contribution in [1.82, 2.24) is 5.32 Å². The van der Waals surface area contributed by atoms with Gasteiger partial charge >= 0.3 is 0 Å². The minimum atomic E-state index is -0.209. The summed E-state index contributed by atoms with van der Waals surface area (Å²) in [5.74, 6) is 0.527. The molecule has 2 aromatic carbocycles. The van der Waals surface area contributed by atoms with Crippen LogP contribution in [0.4, 0.5) is 5.69 Å². The third kappa shape index (κ3) is 5.64. The zero-order valence-electron chi connectivity index (χ0n) is 14.9. The molecular weight excluding hydrogens is 316 g/mol. The first-order chi connectivity index (χ1) is 12.0. The second-order valence-corrected chi connectivity index (χ2v) is 5.90. The third-order valence-corrected chi connectivity index (χ3v) is 4.07. The van der Waals surface area contributed by atoms with Gasteiger partial charge < -0.3 is 15.4 Å². The van der Waals surface area contributed by atoms with Crippen LogP contribution in [0.2, 0.25) is 0 Å². The number of hydrogen-bond donors (Lipinski definition) is 2. The van der Waals surface area contributed by atoms with E-state index in [4.69, 9.17) is 4.74 Å². The molecule has 0 saturated heterocycles. The largest absolute Gasteiger partial charge is 0.483 e. The monoisotopic (exact) mass is 340 g/mol. The van der Waals surface area contributed by atoms with Crippen LogP contribution in [-0.4, -0.2) is 25.5 Å². The molecule has 0 aliphatic heterocycles. The standard InChI is InChI=1S/C20H24N2O3/c1-14-5-4-6-18(15(14)2)25-13-20(24)22-17-10-7-16(8-11-17)9-12-19(23)21-3/h4-8,10-11H,9,12-13H2,1-3H3,(H,21,23)(H,22,24). The number of hydrogen-bond acceptors (Lipinski definition) is 3. The Kier molecular flexibility index (Phi) is 6.57. The van der Waals surface area contributed by atoms with Crippen LogP contribution in [0.5, 0.6) is 5.75 Å². The number of rotatable bonds is 7. The van der Waals surface area contributed by atoms with Gasteiger partial charge in [-0.15, -0.1) is 0 Å². The summed E-state index contributed by atoms with van der Waals surface area (Å²) < 4.78 is 5.60. The van der Waals surface area contributed by atoms with Crippen molar-refractivity contribution in [2.45, 2.75) is 26.7 Å². The van der Waals surface area contributed by atoms with Crippen LogP contribution >= 0.6 is 0 Å². The zero-order chi connectivity index (χ0) is 18.2. The summed E-state index contributed by atoms with van der Waals surface area (Å²) in [5.41, 5.74) is 3.92. The lowest BCUT2D eigenvalue weighted by Gasteiger charge is -2.11. The van der Waals surface area contributed by atoms with Crippen molar-refractivity contribution in [3.63, 3.8) is 0 Å². The summed E-state index contributed by atoms with van der Waals surface area (Å²) in [7, 11) is 1.63. The van der Waals surface area contributed by atoms with Gasteiger partial charge in [-0.3, -0.25) is 9.59 Å². The molecule has 0 spiro atoms. The Bertz CT molecular complexity index is 739. The van der Waals surface area contributed by atoms with Gasteiger partial charge in [0.1, 0.15) is 5.75 Å². The Hall–Kier alpha value is -2.82. The first-order valence-electron chi connectivity index (χ1n) is 8.28. The van der Waals surface area contributed by atoms with E-state index in [9.17, 15) is 9.59 Å².